The van der Waals surface area contributed by atoms with Crippen molar-refractivity contribution >= 4 is 11.9 Å². The molecule has 0 bridgehead atoms. The number of aliphatic hydroxyl groups excluding tert-OH is 7. The lowest BCUT2D eigenvalue weighted by Crippen LogP contribution is -2.61. The average molecular weight is 831 g/mol. The maximum absolute atomic E-state index is 12.9. The highest BCUT2D eigenvalue weighted by Gasteiger charge is 2.47. The Morgan fingerprint density at radius 2 is 1.09 bits per heavy atom. The standard InChI is InChI=1S/C43H74O15/c1-3-5-7-9-10-11-12-13-14-15-16-17-18-19-20-22-24-26-35(46)56-31(28-53-34(45)25-23-21-8-6-4-2)29-54-42-41(52)39(50)37(48)33(58-42)30-55-43-40(51)38(49)36(47)32(27-44)57-43/h5,7,10-11,13-14,31-33,36-44,47-52H,3-4,6,8-9,12,15-30H2,1-2H3/b7-5-,11-10-,14-13-. The molecule has 2 aliphatic rings. The zero-order chi connectivity index (χ0) is 42.5. The van der Waals surface area contributed by atoms with E-state index >= 15 is 0 Å². The number of allylic oxidation sites excluding steroid dienone is 6. The van der Waals surface area contributed by atoms with E-state index in [1.54, 1.807) is 0 Å². The van der Waals surface area contributed by atoms with Crippen molar-refractivity contribution in [3.63, 3.8) is 0 Å². The molecule has 2 rings (SSSR count). The third kappa shape index (κ3) is 20.8. The highest BCUT2D eigenvalue weighted by molar-refractivity contribution is 5.70. The molecule has 2 saturated heterocycles. The van der Waals surface area contributed by atoms with Gasteiger partial charge in [-0.3, -0.25) is 9.59 Å². The summed E-state index contributed by atoms with van der Waals surface area (Å²) in [7, 11) is 0. The van der Waals surface area contributed by atoms with Crippen LogP contribution < -0.4 is 0 Å². The van der Waals surface area contributed by atoms with Crippen LogP contribution in [0.3, 0.4) is 0 Å². The number of esters is 2. The Morgan fingerprint density at radius 3 is 1.71 bits per heavy atom. The second-order valence-corrected chi connectivity index (χ2v) is 15.1. The van der Waals surface area contributed by atoms with E-state index in [1.165, 1.54) is 0 Å². The number of carbonyl (C=O) groups is 2. The molecule has 0 aliphatic carbocycles. The van der Waals surface area contributed by atoms with Gasteiger partial charge >= 0.3 is 11.9 Å². The Kier molecular flexibility index (Phi) is 28.2. The molecule has 0 aromatic rings. The van der Waals surface area contributed by atoms with Crippen LogP contribution in [0.5, 0.6) is 0 Å². The van der Waals surface area contributed by atoms with Crippen LogP contribution in [0.4, 0.5) is 0 Å². The van der Waals surface area contributed by atoms with Crippen molar-refractivity contribution in [2.75, 3.05) is 26.4 Å². The van der Waals surface area contributed by atoms with E-state index in [9.17, 15) is 45.3 Å². The van der Waals surface area contributed by atoms with Crippen molar-refractivity contribution in [1.29, 1.82) is 0 Å². The fourth-order valence-electron chi connectivity index (χ4n) is 6.52. The molecule has 0 aromatic carbocycles. The van der Waals surface area contributed by atoms with Crippen LogP contribution in [0.25, 0.3) is 0 Å². The van der Waals surface area contributed by atoms with Gasteiger partial charge in [-0.2, -0.15) is 0 Å². The number of hydrogen-bond acceptors (Lipinski definition) is 15. The maximum atomic E-state index is 12.9. The Morgan fingerprint density at radius 1 is 0.569 bits per heavy atom. The molecule has 2 heterocycles. The third-order valence-electron chi connectivity index (χ3n) is 10.1. The molecule has 11 atom stereocenters. The molecular weight excluding hydrogens is 756 g/mol. The predicted octanol–water partition coefficient (Wildman–Crippen LogP) is 3.81. The van der Waals surface area contributed by atoms with E-state index in [1.807, 2.05) is 0 Å². The summed E-state index contributed by atoms with van der Waals surface area (Å²) in [6.07, 6.45) is 12.5. The van der Waals surface area contributed by atoms with Gasteiger partial charge in [-0.25, -0.2) is 0 Å². The molecule has 0 saturated carbocycles. The number of carbonyl (C=O) groups excluding carboxylic acids is 2. The summed E-state index contributed by atoms with van der Waals surface area (Å²) in [4.78, 5) is 25.3. The Balaban J connectivity index is 1.82. The summed E-state index contributed by atoms with van der Waals surface area (Å²) < 4.78 is 33.2. The van der Waals surface area contributed by atoms with E-state index < -0.39 is 92.7 Å². The summed E-state index contributed by atoms with van der Waals surface area (Å²) in [5, 5.41) is 71.6. The monoisotopic (exact) mass is 831 g/mol. The molecule has 336 valence electrons. The smallest absolute Gasteiger partial charge is 0.306 e. The highest BCUT2D eigenvalue weighted by atomic mass is 16.7. The zero-order valence-electron chi connectivity index (χ0n) is 34.8. The summed E-state index contributed by atoms with van der Waals surface area (Å²) in [6, 6.07) is 0. The van der Waals surface area contributed by atoms with Crippen molar-refractivity contribution in [3.05, 3.63) is 36.5 Å². The first kappa shape index (κ1) is 51.9. The van der Waals surface area contributed by atoms with Crippen molar-refractivity contribution in [3.8, 4) is 0 Å². The van der Waals surface area contributed by atoms with Crippen molar-refractivity contribution < 1.29 is 73.8 Å². The fourth-order valence-corrected chi connectivity index (χ4v) is 6.52. The Hall–Kier alpha value is -2.28. The van der Waals surface area contributed by atoms with E-state index in [-0.39, 0.29) is 26.1 Å². The van der Waals surface area contributed by atoms with Crippen molar-refractivity contribution in [1.82, 2.24) is 0 Å². The topological polar surface area (TPSA) is 231 Å². The average Bonchev–Trinajstić information content (AvgIpc) is 3.21. The second-order valence-electron chi connectivity index (χ2n) is 15.1. The maximum Gasteiger partial charge on any atom is 0.306 e. The molecule has 11 unspecified atom stereocenters. The lowest BCUT2D eigenvalue weighted by molar-refractivity contribution is -0.332. The lowest BCUT2D eigenvalue weighted by atomic mass is 9.98. The fraction of sp³-hybridized carbons (Fsp3) is 0.814. The molecular formula is C43H74O15. The molecule has 0 spiro atoms. The van der Waals surface area contributed by atoms with Gasteiger partial charge in [-0.1, -0.05) is 108 Å². The lowest BCUT2D eigenvalue weighted by Gasteiger charge is -2.42. The van der Waals surface area contributed by atoms with E-state index in [0.29, 0.717) is 12.8 Å². The molecule has 15 heteroatoms. The van der Waals surface area contributed by atoms with Crippen LogP contribution in [-0.4, -0.2) is 142 Å². The number of ether oxygens (including phenoxy) is 6. The van der Waals surface area contributed by atoms with Crippen molar-refractivity contribution in [2.24, 2.45) is 0 Å². The van der Waals surface area contributed by atoms with Gasteiger partial charge in [-0.05, 0) is 44.9 Å². The van der Waals surface area contributed by atoms with Gasteiger partial charge < -0.3 is 64.2 Å². The van der Waals surface area contributed by atoms with E-state index in [4.69, 9.17) is 28.4 Å². The summed E-state index contributed by atoms with van der Waals surface area (Å²) in [6.45, 7) is 2.33. The van der Waals surface area contributed by atoms with Gasteiger partial charge in [0.25, 0.3) is 0 Å². The van der Waals surface area contributed by atoms with Gasteiger partial charge in [0.1, 0.15) is 55.4 Å². The van der Waals surface area contributed by atoms with Crippen LogP contribution in [0.15, 0.2) is 36.5 Å². The normalized spacial score (nSPS) is 28.4. The minimum absolute atomic E-state index is 0.154. The SMILES string of the molecule is CC/C=C\C/C=C\C/C=C\CCCCCCCCCC(=O)OC(COC(=O)CCCCCCC)COC1OC(COC2OC(CO)C(O)C(O)C2O)C(O)C(O)C1O. The molecule has 7 N–H and O–H groups in total. The van der Waals surface area contributed by atoms with Crippen LogP contribution in [0.1, 0.15) is 129 Å². The molecule has 2 fully saturated rings. The molecule has 58 heavy (non-hydrogen) atoms. The van der Waals surface area contributed by atoms with Crippen LogP contribution in [0.2, 0.25) is 0 Å². The third-order valence-corrected chi connectivity index (χ3v) is 10.1. The quantitative estimate of drug-likeness (QED) is 0.0299. The summed E-state index contributed by atoms with van der Waals surface area (Å²) in [5.41, 5.74) is 0. The number of unbranched alkanes of at least 4 members (excludes halogenated alkanes) is 11. The predicted molar refractivity (Wildman–Crippen MR) is 215 cm³/mol. The molecule has 0 amide bonds. The Labute approximate surface area is 345 Å². The van der Waals surface area contributed by atoms with Crippen LogP contribution >= 0.6 is 0 Å². The first-order valence-electron chi connectivity index (χ1n) is 21.6. The molecule has 0 radical (unpaired) electrons. The van der Waals surface area contributed by atoms with E-state index in [0.717, 1.165) is 89.9 Å². The first-order chi connectivity index (χ1) is 28.0. The van der Waals surface area contributed by atoms with Gasteiger partial charge in [-0.15, -0.1) is 0 Å². The highest BCUT2D eigenvalue weighted by Crippen LogP contribution is 2.26. The number of hydrogen-bond donors (Lipinski definition) is 7. The van der Waals surface area contributed by atoms with Gasteiger partial charge in [0.2, 0.25) is 0 Å². The first-order valence-corrected chi connectivity index (χ1v) is 21.6. The molecule has 0 aromatic heterocycles. The minimum atomic E-state index is -1.76. The zero-order valence-corrected chi connectivity index (χ0v) is 34.8. The molecule has 2 aliphatic heterocycles. The van der Waals surface area contributed by atoms with Crippen LogP contribution in [-0.2, 0) is 38.0 Å². The van der Waals surface area contributed by atoms with E-state index in [2.05, 4.69) is 50.3 Å². The van der Waals surface area contributed by atoms with Crippen LogP contribution in [0, 0.1) is 0 Å². The summed E-state index contributed by atoms with van der Waals surface area (Å²) >= 11 is 0. The van der Waals surface area contributed by atoms with Gasteiger partial charge in [0.15, 0.2) is 18.7 Å². The number of aliphatic hydroxyl groups is 7. The van der Waals surface area contributed by atoms with Gasteiger partial charge in [0, 0.05) is 12.8 Å². The summed E-state index contributed by atoms with van der Waals surface area (Å²) in [5.74, 6) is -0.954. The minimum Gasteiger partial charge on any atom is -0.462 e. The number of rotatable bonds is 31. The van der Waals surface area contributed by atoms with Gasteiger partial charge in [0.05, 0.1) is 19.8 Å². The second kappa shape index (κ2) is 31.6. The largest absolute Gasteiger partial charge is 0.462 e. The van der Waals surface area contributed by atoms with Crippen molar-refractivity contribution in [2.45, 2.75) is 197 Å². The molecule has 15 nitrogen and oxygen atoms in total. The Bertz CT molecular complexity index is 1160.